The van der Waals surface area contributed by atoms with Crippen molar-refractivity contribution in [1.82, 2.24) is 14.5 Å². The SMILES string of the molecule is [B]c1c([B])c([B])c(-c2nc3ccccc3n2-c2ccc(C3=C4C=CC=CC4C(c4ccccc4-c4ccncc4)c4ccccc43)cc2)c([B])c1[B]. The molecule has 0 saturated heterocycles. The number of aromatic nitrogens is 3. The molecule has 5 aromatic carbocycles. The normalized spacial score (nSPS) is 16.2. The quantitative estimate of drug-likeness (QED) is 0.259. The van der Waals surface area contributed by atoms with E-state index in [1.165, 1.54) is 33.4 Å². The van der Waals surface area contributed by atoms with Gasteiger partial charge in [0.05, 0.1) is 11.0 Å². The minimum absolute atomic E-state index is 0.121. The van der Waals surface area contributed by atoms with E-state index in [1.54, 1.807) is 0 Å². The highest BCUT2D eigenvalue weighted by atomic mass is 15.1. The van der Waals surface area contributed by atoms with Crippen molar-refractivity contribution >= 4 is 83.2 Å². The van der Waals surface area contributed by atoms with Crippen molar-refractivity contribution < 1.29 is 0 Å². The molecule has 232 valence electrons. The van der Waals surface area contributed by atoms with Gasteiger partial charge in [-0.15, -0.1) is 16.4 Å². The largest absolute Gasteiger partial charge is 0.292 e. The van der Waals surface area contributed by atoms with Gasteiger partial charge in [-0.1, -0.05) is 108 Å². The summed E-state index contributed by atoms with van der Waals surface area (Å²) >= 11 is 0. The molecule has 0 saturated carbocycles. The third kappa shape index (κ3) is 5.04. The molecule has 3 nitrogen and oxygen atoms in total. The zero-order chi connectivity index (χ0) is 35.5. The molecule has 2 unspecified atom stereocenters. The fourth-order valence-electron chi connectivity index (χ4n) is 8.01. The number of fused-ring (bicyclic) bond motifs is 3. The number of nitrogens with zero attached hydrogens (tertiary/aromatic N) is 3. The van der Waals surface area contributed by atoms with Gasteiger partial charge >= 0.3 is 0 Å². The first-order chi connectivity index (χ1) is 25.4. The fourth-order valence-corrected chi connectivity index (χ4v) is 8.01. The van der Waals surface area contributed by atoms with E-state index in [-0.39, 0.29) is 39.1 Å². The van der Waals surface area contributed by atoms with Gasteiger partial charge in [-0.3, -0.25) is 9.55 Å². The lowest BCUT2D eigenvalue weighted by atomic mass is 9.60. The van der Waals surface area contributed by atoms with Gasteiger partial charge in [-0.2, -0.15) is 0 Å². The first kappa shape index (κ1) is 32.2. The van der Waals surface area contributed by atoms with Gasteiger partial charge in [-0.05, 0) is 80.9 Å². The number of rotatable bonds is 5. The zero-order valence-corrected chi connectivity index (χ0v) is 28.2. The van der Waals surface area contributed by atoms with Crippen molar-refractivity contribution in [1.29, 1.82) is 0 Å². The van der Waals surface area contributed by atoms with Gasteiger partial charge in [0.2, 0.25) is 0 Å². The highest BCUT2D eigenvalue weighted by Gasteiger charge is 2.36. The van der Waals surface area contributed by atoms with E-state index in [9.17, 15) is 0 Å². The number of hydrogen-bond donors (Lipinski definition) is 0. The number of pyridine rings is 1. The zero-order valence-electron chi connectivity index (χ0n) is 28.2. The molecule has 9 rings (SSSR count). The third-order valence-corrected chi connectivity index (χ3v) is 10.5. The van der Waals surface area contributed by atoms with E-state index in [0.717, 1.165) is 27.8 Å². The molecule has 0 N–H and O–H groups in total. The summed E-state index contributed by atoms with van der Waals surface area (Å²) < 4.78 is 2.04. The molecule has 52 heavy (non-hydrogen) atoms. The first-order valence-corrected chi connectivity index (χ1v) is 17.2. The molecular weight excluding hydrogens is 625 g/mol. The predicted molar refractivity (Wildman–Crippen MR) is 219 cm³/mol. The van der Waals surface area contributed by atoms with E-state index < -0.39 is 0 Å². The van der Waals surface area contributed by atoms with Crippen LogP contribution in [0, 0.1) is 5.92 Å². The molecular formula is C44H26B5N3. The Hall–Kier alpha value is -5.74. The number of imidazole rings is 1. The molecule has 0 fully saturated rings. The van der Waals surface area contributed by atoms with E-state index in [4.69, 9.17) is 44.2 Å². The van der Waals surface area contributed by atoms with Crippen LogP contribution in [0.3, 0.4) is 0 Å². The third-order valence-electron chi connectivity index (χ3n) is 10.5. The summed E-state index contributed by atoms with van der Waals surface area (Å²) in [7, 11) is 31.9. The number of hydrogen-bond acceptors (Lipinski definition) is 2. The van der Waals surface area contributed by atoms with Crippen molar-refractivity contribution in [2.24, 2.45) is 5.92 Å². The van der Waals surface area contributed by atoms with Crippen LogP contribution in [0.4, 0.5) is 0 Å². The summed E-state index contributed by atoms with van der Waals surface area (Å²) in [5.41, 5.74) is 13.8. The lowest BCUT2D eigenvalue weighted by molar-refractivity contribution is 0.650. The second-order valence-corrected chi connectivity index (χ2v) is 13.2. The van der Waals surface area contributed by atoms with Gasteiger partial charge in [-0.25, -0.2) is 4.98 Å². The Bertz CT molecular complexity index is 2610. The number of benzene rings is 5. The molecule has 2 aliphatic rings. The standard InChI is InChI=1S/C44H26B5N3/c45-39-38(40(46)42(48)43(49)41(39)47)44-51-34-15-7-8-16-35(34)52(44)27-19-17-26(18-20-27)36-30-11-3-5-13-32(30)37(33-14-6-4-12-31(33)36)29-10-2-1-9-28(29)25-21-23-50-24-22-25/h1-24,32,37H. The molecule has 2 atom stereocenters. The van der Waals surface area contributed by atoms with Crippen LogP contribution in [0.25, 0.3) is 44.8 Å². The van der Waals surface area contributed by atoms with E-state index in [0.29, 0.717) is 11.4 Å². The highest BCUT2D eigenvalue weighted by Crippen LogP contribution is 2.51. The Morgan fingerprint density at radius 1 is 0.558 bits per heavy atom. The molecule has 2 heterocycles. The Morgan fingerprint density at radius 2 is 1.17 bits per heavy atom. The van der Waals surface area contributed by atoms with Crippen molar-refractivity contribution in [3.8, 4) is 28.2 Å². The molecule has 0 aliphatic heterocycles. The van der Waals surface area contributed by atoms with Gasteiger partial charge in [0, 0.05) is 35.5 Å². The predicted octanol–water partition coefficient (Wildman–Crippen LogP) is 4.41. The lowest BCUT2D eigenvalue weighted by Gasteiger charge is -2.37. The molecule has 0 amide bonds. The van der Waals surface area contributed by atoms with Crippen LogP contribution in [-0.4, -0.2) is 53.8 Å². The fraction of sp³-hybridized carbons (Fsp3) is 0.0455. The van der Waals surface area contributed by atoms with Crippen LogP contribution < -0.4 is 27.3 Å². The first-order valence-electron chi connectivity index (χ1n) is 17.2. The maximum Gasteiger partial charge on any atom is 0.144 e. The Balaban J connectivity index is 1.21. The molecule has 8 heteroatoms. The summed E-state index contributed by atoms with van der Waals surface area (Å²) in [5, 5.41) is 0. The summed E-state index contributed by atoms with van der Waals surface area (Å²) in [6.07, 6.45) is 12.6. The monoisotopic (exact) mass is 651 g/mol. The van der Waals surface area contributed by atoms with Gasteiger partial charge in [0.25, 0.3) is 0 Å². The van der Waals surface area contributed by atoms with Crippen LogP contribution >= 0.6 is 0 Å². The molecule has 2 aliphatic carbocycles. The maximum absolute atomic E-state index is 6.56. The van der Waals surface area contributed by atoms with Crippen molar-refractivity contribution in [2.75, 3.05) is 0 Å². The molecule has 2 aromatic heterocycles. The van der Waals surface area contributed by atoms with Gasteiger partial charge < -0.3 is 0 Å². The average molecular weight is 651 g/mol. The Kier molecular flexibility index (Phi) is 7.92. The molecule has 7 aromatic rings. The highest BCUT2D eigenvalue weighted by molar-refractivity contribution is 6.68. The van der Waals surface area contributed by atoms with Crippen LogP contribution in [0.2, 0.25) is 0 Å². The van der Waals surface area contributed by atoms with Crippen LogP contribution in [0.1, 0.15) is 28.2 Å². The van der Waals surface area contributed by atoms with Gasteiger partial charge in [0.1, 0.15) is 45.1 Å². The summed E-state index contributed by atoms with van der Waals surface area (Å²) in [4.78, 5) is 9.25. The molecule has 0 bridgehead atoms. The number of allylic oxidation sites excluding steroid dienone is 5. The minimum Gasteiger partial charge on any atom is -0.292 e. The summed E-state index contributed by atoms with van der Waals surface area (Å²) in [5.74, 6) is 0.785. The van der Waals surface area contributed by atoms with Crippen molar-refractivity contribution in [3.63, 3.8) is 0 Å². The van der Waals surface area contributed by atoms with Crippen molar-refractivity contribution in [3.05, 3.63) is 174 Å². The second kappa shape index (κ2) is 12.8. The lowest BCUT2D eigenvalue weighted by Crippen LogP contribution is -2.55. The van der Waals surface area contributed by atoms with Crippen molar-refractivity contribution in [2.45, 2.75) is 5.92 Å². The van der Waals surface area contributed by atoms with E-state index >= 15 is 0 Å². The Morgan fingerprint density at radius 3 is 1.90 bits per heavy atom. The van der Waals surface area contributed by atoms with Crippen LogP contribution in [-0.2, 0) is 0 Å². The summed E-state index contributed by atoms with van der Waals surface area (Å²) in [6, 6.07) is 38.2. The van der Waals surface area contributed by atoms with Gasteiger partial charge in [0.15, 0.2) is 0 Å². The van der Waals surface area contributed by atoms with E-state index in [1.807, 2.05) is 41.2 Å². The van der Waals surface area contributed by atoms with Crippen LogP contribution in [0.15, 0.2) is 151 Å². The van der Waals surface area contributed by atoms with Crippen LogP contribution in [0.5, 0.6) is 0 Å². The molecule has 10 radical (unpaired) electrons. The van der Waals surface area contributed by atoms with E-state index in [2.05, 4.69) is 114 Å². The smallest absolute Gasteiger partial charge is 0.144 e. The minimum atomic E-state index is 0.121. The number of para-hydroxylation sites is 2. The topological polar surface area (TPSA) is 30.7 Å². The second-order valence-electron chi connectivity index (χ2n) is 13.2. The summed E-state index contributed by atoms with van der Waals surface area (Å²) in [6.45, 7) is 0. The Labute approximate surface area is 310 Å². The average Bonchev–Trinajstić information content (AvgIpc) is 3.58. The maximum atomic E-state index is 6.56. The molecule has 0 spiro atoms.